The van der Waals surface area contributed by atoms with E-state index in [9.17, 15) is 10.5 Å². The summed E-state index contributed by atoms with van der Waals surface area (Å²) < 4.78 is 0. The highest BCUT2D eigenvalue weighted by molar-refractivity contribution is 5.87. The van der Waals surface area contributed by atoms with Crippen LogP contribution >= 0.6 is 0 Å². The Kier molecular flexibility index (Phi) is 7.68. The van der Waals surface area contributed by atoms with Gasteiger partial charge < -0.3 is 0 Å². The van der Waals surface area contributed by atoms with Gasteiger partial charge in [0.1, 0.15) is 0 Å². The highest BCUT2D eigenvalue weighted by atomic mass is 14.9. The molecule has 0 saturated carbocycles. The Morgan fingerprint density at radius 3 is 1.33 bits per heavy atom. The molecule has 0 radical (unpaired) electrons. The number of hydrogen-bond acceptors (Lipinski definition) is 4. The van der Waals surface area contributed by atoms with Gasteiger partial charge in [-0.1, -0.05) is 121 Å². The second-order valence-electron chi connectivity index (χ2n) is 10.9. The smallest absolute Gasteiger partial charge is 0.160 e. The van der Waals surface area contributed by atoms with Gasteiger partial charge in [0.25, 0.3) is 0 Å². The highest BCUT2D eigenvalue weighted by Crippen LogP contribution is 2.37. The summed E-state index contributed by atoms with van der Waals surface area (Å²) in [7, 11) is 0. The molecule has 0 amide bonds. The first kappa shape index (κ1) is 28.2. The van der Waals surface area contributed by atoms with E-state index in [1.807, 2.05) is 103 Å². The lowest BCUT2D eigenvalue weighted by Gasteiger charge is -2.14. The Balaban J connectivity index is 1.29. The van der Waals surface area contributed by atoms with Gasteiger partial charge >= 0.3 is 0 Å². The van der Waals surface area contributed by atoms with E-state index >= 15 is 0 Å². The molecule has 0 spiro atoms. The molecule has 0 aliphatic heterocycles. The summed E-state index contributed by atoms with van der Waals surface area (Å²) in [5.41, 5.74) is 12.3. The van der Waals surface area contributed by atoms with Crippen LogP contribution in [-0.4, -0.2) is 9.97 Å². The zero-order valence-electron chi connectivity index (χ0n) is 24.8. The molecule has 0 aliphatic carbocycles. The first-order chi connectivity index (χ1) is 22.7. The largest absolute Gasteiger partial charge is 0.228 e. The van der Waals surface area contributed by atoms with Gasteiger partial charge in [-0.3, -0.25) is 0 Å². The minimum absolute atomic E-state index is 0.617. The van der Waals surface area contributed by atoms with Gasteiger partial charge in [-0.2, -0.15) is 10.5 Å². The molecule has 4 nitrogen and oxygen atoms in total. The number of rotatable bonds is 6. The molecular weight excluding hydrogens is 560 g/mol. The van der Waals surface area contributed by atoms with Crippen LogP contribution in [-0.2, 0) is 0 Å². The van der Waals surface area contributed by atoms with Gasteiger partial charge in [0.2, 0.25) is 0 Å². The fourth-order valence-corrected chi connectivity index (χ4v) is 5.56. The van der Waals surface area contributed by atoms with Crippen LogP contribution in [0.2, 0.25) is 0 Å². The monoisotopic (exact) mass is 586 g/mol. The first-order valence-electron chi connectivity index (χ1n) is 14.9. The van der Waals surface area contributed by atoms with Gasteiger partial charge in [-0.25, -0.2) is 9.97 Å². The van der Waals surface area contributed by atoms with Crippen molar-refractivity contribution in [2.45, 2.75) is 0 Å². The van der Waals surface area contributed by atoms with Crippen LogP contribution in [0.15, 0.2) is 158 Å². The van der Waals surface area contributed by atoms with Crippen molar-refractivity contribution >= 4 is 0 Å². The van der Waals surface area contributed by atoms with E-state index in [4.69, 9.17) is 9.97 Å². The Labute approximate surface area is 268 Å². The third-order valence-electron chi connectivity index (χ3n) is 8.01. The van der Waals surface area contributed by atoms with Crippen LogP contribution in [0.25, 0.3) is 67.3 Å². The summed E-state index contributed by atoms with van der Waals surface area (Å²) in [5.74, 6) is 0.687. The minimum Gasteiger partial charge on any atom is -0.228 e. The average molecular weight is 587 g/mol. The molecule has 0 bridgehead atoms. The van der Waals surface area contributed by atoms with Crippen LogP contribution in [0.5, 0.6) is 0 Å². The van der Waals surface area contributed by atoms with Crippen LogP contribution in [0.3, 0.4) is 0 Å². The highest BCUT2D eigenvalue weighted by Gasteiger charge is 2.13. The van der Waals surface area contributed by atoms with Crippen molar-refractivity contribution in [2.24, 2.45) is 0 Å². The summed E-state index contributed by atoms with van der Waals surface area (Å²) >= 11 is 0. The standard InChI is InChI=1S/C42H26N4/c43-27-29-11-15-32(16-12-29)38-24-23-37(25-39(38)33-17-13-30(28-44)14-18-33)31-19-21-35(22-20-31)41-26-40(34-7-3-1-4-8-34)45-42(46-41)36-9-5-2-6-10-36/h1-26H. The maximum atomic E-state index is 9.34. The topological polar surface area (TPSA) is 73.4 Å². The molecule has 214 valence electrons. The van der Waals surface area contributed by atoms with Crippen molar-refractivity contribution in [1.82, 2.24) is 9.97 Å². The van der Waals surface area contributed by atoms with E-state index in [0.29, 0.717) is 17.0 Å². The predicted octanol–water partition coefficient (Wildman–Crippen LogP) is 10.2. The molecule has 7 aromatic rings. The molecule has 4 heteroatoms. The summed E-state index contributed by atoms with van der Waals surface area (Å²) in [6, 6.07) is 56.9. The molecule has 0 unspecified atom stereocenters. The zero-order chi connectivity index (χ0) is 31.3. The van der Waals surface area contributed by atoms with Crippen LogP contribution in [0, 0.1) is 22.7 Å². The third kappa shape index (κ3) is 5.80. The molecule has 6 aromatic carbocycles. The minimum atomic E-state index is 0.617. The molecule has 0 atom stereocenters. The Morgan fingerprint density at radius 2 is 0.783 bits per heavy atom. The van der Waals surface area contributed by atoms with Crippen molar-refractivity contribution in [3.05, 3.63) is 169 Å². The second kappa shape index (κ2) is 12.5. The summed E-state index contributed by atoms with van der Waals surface area (Å²) in [4.78, 5) is 9.89. The lowest BCUT2D eigenvalue weighted by Crippen LogP contribution is -1.95. The van der Waals surface area contributed by atoms with Crippen molar-refractivity contribution in [3.8, 4) is 79.4 Å². The maximum absolute atomic E-state index is 9.34. The van der Waals surface area contributed by atoms with Gasteiger partial charge in [0, 0.05) is 16.7 Å². The first-order valence-corrected chi connectivity index (χ1v) is 14.9. The molecule has 0 N–H and O–H groups in total. The lowest BCUT2D eigenvalue weighted by atomic mass is 9.90. The Morgan fingerprint density at radius 1 is 0.348 bits per heavy atom. The van der Waals surface area contributed by atoms with E-state index < -0.39 is 0 Å². The summed E-state index contributed by atoms with van der Waals surface area (Å²) in [6.07, 6.45) is 0. The fraction of sp³-hybridized carbons (Fsp3) is 0. The third-order valence-corrected chi connectivity index (χ3v) is 8.01. The number of hydrogen-bond donors (Lipinski definition) is 0. The molecule has 7 rings (SSSR count). The van der Waals surface area contributed by atoms with E-state index in [1.54, 1.807) is 0 Å². The quantitative estimate of drug-likeness (QED) is 0.194. The summed E-state index contributed by atoms with van der Waals surface area (Å²) in [6.45, 7) is 0. The molecule has 46 heavy (non-hydrogen) atoms. The number of aromatic nitrogens is 2. The number of nitrogens with zero attached hydrogens (tertiary/aromatic N) is 4. The molecule has 1 aromatic heterocycles. The molecule has 0 saturated heterocycles. The van der Waals surface area contributed by atoms with E-state index in [1.165, 1.54) is 0 Å². The molecule has 0 fully saturated rings. The SMILES string of the molecule is N#Cc1ccc(-c2ccc(-c3ccc(-c4cc(-c5ccccc5)nc(-c5ccccc5)n4)cc3)cc2-c2ccc(C#N)cc2)cc1. The van der Waals surface area contributed by atoms with Crippen LogP contribution in [0.1, 0.15) is 11.1 Å². The lowest BCUT2D eigenvalue weighted by molar-refractivity contribution is 1.18. The molecule has 1 heterocycles. The van der Waals surface area contributed by atoms with E-state index in [2.05, 4.69) is 66.7 Å². The second-order valence-corrected chi connectivity index (χ2v) is 10.9. The Bertz CT molecular complexity index is 2170. The predicted molar refractivity (Wildman–Crippen MR) is 184 cm³/mol. The fourth-order valence-electron chi connectivity index (χ4n) is 5.56. The van der Waals surface area contributed by atoms with Gasteiger partial charge in [0.05, 0.1) is 34.7 Å². The maximum Gasteiger partial charge on any atom is 0.160 e. The van der Waals surface area contributed by atoms with Gasteiger partial charge in [-0.15, -0.1) is 0 Å². The van der Waals surface area contributed by atoms with E-state index in [0.717, 1.165) is 61.5 Å². The average Bonchev–Trinajstić information content (AvgIpc) is 3.15. The number of benzene rings is 6. The zero-order valence-corrected chi connectivity index (χ0v) is 24.8. The Hall–Kier alpha value is -6.62. The molecule has 0 aliphatic rings. The number of nitriles is 2. The van der Waals surface area contributed by atoms with Crippen LogP contribution in [0.4, 0.5) is 0 Å². The van der Waals surface area contributed by atoms with Crippen molar-refractivity contribution < 1.29 is 0 Å². The van der Waals surface area contributed by atoms with Gasteiger partial charge in [-0.05, 0) is 69.8 Å². The van der Waals surface area contributed by atoms with Crippen molar-refractivity contribution in [2.75, 3.05) is 0 Å². The van der Waals surface area contributed by atoms with Crippen molar-refractivity contribution in [1.29, 1.82) is 10.5 Å². The molecular formula is C42H26N4. The van der Waals surface area contributed by atoms with Crippen molar-refractivity contribution in [3.63, 3.8) is 0 Å². The van der Waals surface area contributed by atoms with Crippen LogP contribution < -0.4 is 0 Å². The summed E-state index contributed by atoms with van der Waals surface area (Å²) in [5, 5.41) is 18.6. The normalized spacial score (nSPS) is 10.6. The van der Waals surface area contributed by atoms with Gasteiger partial charge in [0.15, 0.2) is 5.82 Å². The van der Waals surface area contributed by atoms with E-state index in [-0.39, 0.29) is 0 Å².